The van der Waals surface area contributed by atoms with Gasteiger partial charge in [-0.3, -0.25) is 0 Å². The van der Waals surface area contributed by atoms with Crippen LogP contribution in [0.25, 0.3) is 0 Å². The molecule has 1 aromatic rings. The van der Waals surface area contributed by atoms with Gasteiger partial charge in [0.15, 0.2) is 0 Å². The Morgan fingerprint density at radius 2 is 2.12 bits per heavy atom. The molecule has 1 aromatic carbocycles. The average molecular weight is 253 g/mol. The molecule has 1 aliphatic rings. The van der Waals surface area contributed by atoms with Crippen LogP contribution in [0.2, 0.25) is 5.02 Å². The number of allylic oxidation sites excluding steroid dienone is 2. The van der Waals surface area contributed by atoms with Gasteiger partial charge in [-0.25, -0.2) is 4.39 Å². The molecule has 0 fully saturated rings. The summed E-state index contributed by atoms with van der Waals surface area (Å²) in [5.41, 5.74) is 0.721. The topological polar surface area (TPSA) is 20.2 Å². The molecule has 0 bridgehead atoms. The van der Waals surface area contributed by atoms with Crippen molar-refractivity contribution >= 4 is 11.6 Å². The van der Waals surface area contributed by atoms with E-state index in [9.17, 15) is 9.50 Å². The fourth-order valence-electron chi connectivity index (χ4n) is 2.21. The zero-order valence-corrected chi connectivity index (χ0v) is 10.5. The van der Waals surface area contributed by atoms with Crippen LogP contribution >= 0.6 is 11.6 Å². The first-order chi connectivity index (χ1) is 7.93. The highest BCUT2D eigenvalue weighted by Crippen LogP contribution is 2.36. The van der Waals surface area contributed by atoms with E-state index < -0.39 is 17.3 Å². The van der Waals surface area contributed by atoms with Gasteiger partial charge in [0.2, 0.25) is 0 Å². The second-order valence-electron chi connectivity index (χ2n) is 4.60. The van der Waals surface area contributed by atoms with Gasteiger partial charge in [-0.05, 0) is 26.0 Å². The predicted octanol–water partition coefficient (Wildman–Crippen LogP) is 3.61. The van der Waals surface area contributed by atoms with Crippen LogP contribution in [0, 0.1) is 5.82 Å². The summed E-state index contributed by atoms with van der Waals surface area (Å²) >= 11 is 5.73. The van der Waals surface area contributed by atoms with Crippen LogP contribution in [0.5, 0.6) is 0 Å². The van der Waals surface area contributed by atoms with Gasteiger partial charge < -0.3 is 5.11 Å². The first-order valence-corrected chi connectivity index (χ1v) is 5.82. The molecule has 1 N–H and O–H groups in total. The quantitative estimate of drug-likeness (QED) is 0.810. The Labute approximate surface area is 105 Å². The molecule has 0 spiro atoms. The Morgan fingerprint density at radius 1 is 1.41 bits per heavy atom. The largest absolute Gasteiger partial charge is 0.388 e. The third kappa shape index (κ3) is 2.15. The summed E-state index contributed by atoms with van der Waals surface area (Å²) < 4.78 is 13.9. The highest BCUT2D eigenvalue weighted by atomic mass is 35.5. The Balaban J connectivity index is 2.55. The van der Waals surface area contributed by atoms with E-state index >= 15 is 0 Å². The molecule has 2 rings (SSSR count). The van der Waals surface area contributed by atoms with Crippen LogP contribution in [0.1, 0.15) is 19.4 Å². The van der Waals surface area contributed by atoms with Gasteiger partial charge in [0.25, 0.3) is 0 Å². The van der Waals surface area contributed by atoms with Crippen molar-refractivity contribution in [3.05, 3.63) is 58.4 Å². The molecule has 17 heavy (non-hydrogen) atoms. The zero-order chi connectivity index (χ0) is 12.6. The SMILES string of the molecule is CC1=CC(C)(c2ccc(Cl)cc2F)C(O)C=C1. The van der Waals surface area contributed by atoms with Crippen LogP contribution < -0.4 is 0 Å². The maximum Gasteiger partial charge on any atom is 0.128 e. The molecule has 0 radical (unpaired) electrons. The number of aliphatic hydroxyl groups is 1. The van der Waals surface area contributed by atoms with E-state index in [1.54, 1.807) is 18.2 Å². The summed E-state index contributed by atoms with van der Waals surface area (Å²) in [7, 11) is 0. The van der Waals surface area contributed by atoms with Gasteiger partial charge >= 0.3 is 0 Å². The number of halogens is 2. The molecule has 3 heteroatoms. The molecule has 0 heterocycles. The number of aliphatic hydroxyl groups excluding tert-OH is 1. The number of hydrogen-bond acceptors (Lipinski definition) is 1. The fraction of sp³-hybridized carbons (Fsp3) is 0.286. The maximum atomic E-state index is 13.9. The Hall–Kier alpha value is -1.12. The van der Waals surface area contributed by atoms with Gasteiger partial charge in [-0.1, -0.05) is 41.5 Å². The summed E-state index contributed by atoms with van der Waals surface area (Å²) in [6, 6.07) is 4.54. The minimum Gasteiger partial charge on any atom is -0.388 e. The third-order valence-electron chi connectivity index (χ3n) is 3.19. The molecule has 0 amide bonds. The third-order valence-corrected chi connectivity index (χ3v) is 3.43. The molecule has 2 unspecified atom stereocenters. The molecule has 2 atom stereocenters. The van der Waals surface area contributed by atoms with Crippen molar-refractivity contribution in [3.63, 3.8) is 0 Å². The lowest BCUT2D eigenvalue weighted by Gasteiger charge is -2.33. The van der Waals surface area contributed by atoms with Gasteiger partial charge in [0.05, 0.1) is 6.10 Å². The van der Waals surface area contributed by atoms with Gasteiger partial charge in [-0.2, -0.15) is 0 Å². The van der Waals surface area contributed by atoms with Crippen molar-refractivity contribution in [1.29, 1.82) is 0 Å². The number of rotatable bonds is 1. The monoisotopic (exact) mass is 252 g/mol. The maximum absolute atomic E-state index is 13.9. The van der Waals surface area contributed by atoms with Crippen molar-refractivity contribution < 1.29 is 9.50 Å². The zero-order valence-electron chi connectivity index (χ0n) is 9.74. The van der Waals surface area contributed by atoms with Gasteiger partial charge in [0.1, 0.15) is 5.82 Å². The highest BCUT2D eigenvalue weighted by molar-refractivity contribution is 6.30. The van der Waals surface area contributed by atoms with Crippen molar-refractivity contribution in [2.45, 2.75) is 25.4 Å². The van der Waals surface area contributed by atoms with Crippen LogP contribution in [0.15, 0.2) is 42.0 Å². The van der Waals surface area contributed by atoms with Gasteiger partial charge in [-0.15, -0.1) is 0 Å². The minimum atomic E-state index is -0.743. The van der Waals surface area contributed by atoms with E-state index in [0.29, 0.717) is 10.6 Å². The number of hydrogen-bond donors (Lipinski definition) is 1. The van der Waals surface area contributed by atoms with E-state index in [0.717, 1.165) is 5.57 Å². The Bertz CT molecular complexity index is 507. The van der Waals surface area contributed by atoms with E-state index in [4.69, 9.17) is 11.6 Å². The van der Waals surface area contributed by atoms with Gasteiger partial charge in [0, 0.05) is 16.0 Å². The summed E-state index contributed by atoms with van der Waals surface area (Å²) in [5, 5.41) is 10.4. The van der Waals surface area contributed by atoms with Crippen LogP contribution in [-0.4, -0.2) is 11.2 Å². The summed E-state index contributed by atoms with van der Waals surface area (Å²) in [5.74, 6) is -0.390. The first kappa shape index (κ1) is 12.3. The molecule has 0 aliphatic heterocycles. The van der Waals surface area contributed by atoms with Crippen molar-refractivity contribution in [2.24, 2.45) is 0 Å². The standard InChI is InChI=1S/C14H14ClFO/c1-9-3-6-13(17)14(2,8-9)11-5-4-10(15)7-12(11)16/h3-8,13,17H,1-2H3. The minimum absolute atomic E-state index is 0.358. The normalized spacial score (nSPS) is 28.1. The Morgan fingerprint density at radius 3 is 2.76 bits per heavy atom. The molecule has 90 valence electrons. The molecule has 0 saturated heterocycles. The van der Waals surface area contributed by atoms with Crippen LogP contribution in [0.4, 0.5) is 4.39 Å². The highest BCUT2D eigenvalue weighted by Gasteiger charge is 2.35. The van der Waals surface area contributed by atoms with Crippen molar-refractivity contribution in [1.82, 2.24) is 0 Å². The van der Waals surface area contributed by atoms with Crippen LogP contribution in [0.3, 0.4) is 0 Å². The second-order valence-corrected chi connectivity index (χ2v) is 5.04. The second kappa shape index (κ2) is 4.28. The fourth-order valence-corrected chi connectivity index (χ4v) is 2.37. The summed E-state index contributed by atoms with van der Waals surface area (Å²) in [6.07, 6.45) is 4.66. The Kier molecular flexibility index (Phi) is 3.11. The van der Waals surface area contributed by atoms with E-state index in [2.05, 4.69) is 0 Å². The number of benzene rings is 1. The molecule has 0 saturated carbocycles. The van der Waals surface area contributed by atoms with E-state index in [1.165, 1.54) is 6.07 Å². The smallest absolute Gasteiger partial charge is 0.128 e. The summed E-state index contributed by atoms with van der Waals surface area (Å²) in [4.78, 5) is 0. The van der Waals surface area contributed by atoms with E-state index in [-0.39, 0.29) is 0 Å². The first-order valence-electron chi connectivity index (χ1n) is 5.45. The van der Waals surface area contributed by atoms with E-state index in [1.807, 2.05) is 26.0 Å². The summed E-state index contributed by atoms with van der Waals surface area (Å²) in [6.45, 7) is 3.74. The molecule has 1 aliphatic carbocycles. The predicted molar refractivity (Wildman–Crippen MR) is 67.7 cm³/mol. The molecular formula is C14H14ClFO. The lowest BCUT2D eigenvalue weighted by atomic mass is 9.73. The lowest BCUT2D eigenvalue weighted by molar-refractivity contribution is 0.156. The molecule has 1 nitrogen and oxygen atoms in total. The average Bonchev–Trinajstić information content (AvgIpc) is 2.23. The molecular weight excluding hydrogens is 239 g/mol. The van der Waals surface area contributed by atoms with Crippen molar-refractivity contribution in [2.75, 3.05) is 0 Å². The van der Waals surface area contributed by atoms with Crippen molar-refractivity contribution in [3.8, 4) is 0 Å². The lowest BCUT2D eigenvalue weighted by Crippen LogP contribution is -2.36. The molecule has 0 aromatic heterocycles. The van der Waals surface area contributed by atoms with Crippen LogP contribution in [-0.2, 0) is 5.41 Å².